The fraction of sp³-hybridized carbons (Fsp3) is 0.455. The average Bonchev–Trinajstić information content (AvgIpc) is 2.85. The van der Waals surface area contributed by atoms with Crippen molar-refractivity contribution >= 4 is 25.5 Å². The molecule has 1 unspecified atom stereocenters. The second-order valence-electron chi connectivity index (χ2n) is 3.49. The average molecular weight is 289 g/mol. The Hall–Kier alpha value is -0.250. The standard InChI is InChI=1S/C11H16IN/c1-2-4-10-8-12(10)9-5-3-6-11(13)7-9/h3,5-7,10H,2,4,8,13H2,1H3. The van der Waals surface area contributed by atoms with Crippen molar-refractivity contribution < 1.29 is 0 Å². The molecule has 0 aliphatic carbocycles. The molecule has 0 spiro atoms. The van der Waals surface area contributed by atoms with Crippen molar-refractivity contribution in [1.82, 2.24) is 0 Å². The zero-order valence-corrected chi connectivity index (χ0v) is 10.1. The molecule has 1 saturated heterocycles. The Morgan fingerprint density at radius 2 is 2.38 bits per heavy atom. The monoisotopic (exact) mass is 289 g/mol. The van der Waals surface area contributed by atoms with E-state index in [4.69, 9.17) is 5.73 Å². The molecule has 72 valence electrons. The van der Waals surface area contributed by atoms with E-state index in [1.54, 1.807) is 3.57 Å². The van der Waals surface area contributed by atoms with Gasteiger partial charge in [-0.15, -0.1) is 0 Å². The van der Waals surface area contributed by atoms with Gasteiger partial charge in [-0.25, -0.2) is 0 Å². The van der Waals surface area contributed by atoms with Gasteiger partial charge in [0.25, 0.3) is 0 Å². The number of rotatable bonds is 3. The molecular formula is C11H16IN. The quantitative estimate of drug-likeness (QED) is 0.516. The summed E-state index contributed by atoms with van der Waals surface area (Å²) in [6, 6.07) is 8.55. The molecule has 0 amide bonds. The third-order valence-electron chi connectivity index (χ3n) is 2.33. The van der Waals surface area contributed by atoms with Crippen LogP contribution in [-0.4, -0.2) is 8.35 Å². The van der Waals surface area contributed by atoms with Crippen LogP contribution >= 0.6 is 19.8 Å². The van der Waals surface area contributed by atoms with Gasteiger partial charge in [0.2, 0.25) is 0 Å². The number of anilines is 1. The van der Waals surface area contributed by atoms with Crippen LogP contribution in [0.15, 0.2) is 24.3 Å². The zero-order chi connectivity index (χ0) is 9.26. The first-order chi connectivity index (χ1) is 6.31. The Balaban J connectivity index is 2.03. The van der Waals surface area contributed by atoms with Crippen LogP contribution in [0, 0.1) is 3.57 Å². The molecule has 0 aromatic heterocycles. The molecular weight excluding hydrogens is 273 g/mol. The first-order valence-corrected chi connectivity index (χ1v) is 8.66. The fourth-order valence-corrected chi connectivity index (χ4v) is 8.32. The molecule has 0 radical (unpaired) electrons. The summed E-state index contributed by atoms with van der Waals surface area (Å²) in [5, 5.41) is 0. The summed E-state index contributed by atoms with van der Waals surface area (Å²) >= 11 is -0.690. The van der Waals surface area contributed by atoms with Crippen molar-refractivity contribution in [1.29, 1.82) is 0 Å². The SMILES string of the molecule is CCCC1CI1c1cccc(N)c1. The molecule has 1 atom stereocenters. The van der Waals surface area contributed by atoms with Crippen molar-refractivity contribution in [3.63, 3.8) is 0 Å². The van der Waals surface area contributed by atoms with Gasteiger partial charge < -0.3 is 0 Å². The van der Waals surface area contributed by atoms with Crippen molar-refractivity contribution in [2.75, 3.05) is 10.2 Å². The van der Waals surface area contributed by atoms with Crippen LogP contribution in [0.1, 0.15) is 19.8 Å². The number of benzene rings is 1. The number of nitrogens with two attached hydrogens (primary N) is 1. The van der Waals surface area contributed by atoms with Crippen molar-refractivity contribution in [3.05, 3.63) is 27.8 Å². The van der Waals surface area contributed by atoms with E-state index in [9.17, 15) is 0 Å². The van der Waals surface area contributed by atoms with Crippen molar-refractivity contribution in [2.24, 2.45) is 0 Å². The molecule has 1 heterocycles. The number of halogens is 1. The van der Waals surface area contributed by atoms with Gasteiger partial charge in [-0.2, -0.15) is 0 Å². The molecule has 1 aliphatic rings. The van der Waals surface area contributed by atoms with E-state index >= 15 is 0 Å². The van der Waals surface area contributed by atoms with E-state index in [1.165, 1.54) is 17.3 Å². The summed E-state index contributed by atoms with van der Waals surface area (Å²) < 4.78 is 4.22. The molecule has 13 heavy (non-hydrogen) atoms. The number of hydrogen-bond acceptors (Lipinski definition) is 1. The van der Waals surface area contributed by atoms with Crippen LogP contribution in [-0.2, 0) is 0 Å². The molecule has 0 saturated carbocycles. The zero-order valence-electron chi connectivity index (χ0n) is 7.96. The Morgan fingerprint density at radius 3 is 3.08 bits per heavy atom. The summed E-state index contributed by atoms with van der Waals surface area (Å²) in [7, 11) is 0. The van der Waals surface area contributed by atoms with Gasteiger partial charge in [0.05, 0.1) is 0 Å². The molecule has 2 N–H and O–H groups in total. The Bertz CT molecular complexity index is 298. The van der Waals surface area contributed by atoms with Crippen LogP contribution in [0.4, 0.5) is 5.69 Å². The Kier molecular flexibility index (Phi) is 2.77. The number of nitrogen functional groups attached to an aromatic ring is 1. The van der Waals surface area contributed by atoms with Crippen LogP contribution < -0.4 is 5.73 Å². The van der Waals surface area contributed by atoms with E-state index in [-0.39, 0.29) is 0 Å². The minimum absolute atomic E-state index is 0.690. The summed E-state index contributed by atoms with van der Waals surface area (Å²) in [4.78, 5) is 0. The van der Waals surface area contributed by atoms with Gasteiger partial charge in [0.15, 0.2) is 0 Å². The second kappa shape index (κ2) is 3.86. The van der Waals surface area contributed by atoms with Crippen molar-refractivity contribution in [3.8, 4) is 0 Å². The molecule has 1 fully saturated rings. The number of hydrogen-bond donors (Lipinski definition) is 1. The summed E-state index contributed by atoms with van der Waals surface area (Å²) in [5.74, 6) is 0. The second-order valence-corrected chi connectivity index (χ2v) is 9.65. The maximum absolute atomic E-state index is 5.77. The Morgan fingerprint density at radius 1 is 1.54 bits per heavy atom. The van der Waals surface area contributed by atoms with Crippen LogP contribution in [0.2, 0.25) is 0 Å². The third kappa shape index (κ3) is 2.16. The van der Waals surface area contributed by atoms with Gasteiger partial charge >= 0.3 is 87.2 Å². The van der Waals surface area contributed by atoms with E-state index in [2.05, 4.69) is 25.1 Å². The normalized spacial score (nSPS) is 23.2. The molecule has 1 aliphatic heterocycles. The van der Waals surface area contributed by atoms with Gasteiger partial charge in [0.1, 0.15) is 0 Å². The minimum atomic E-state index is -0.690. The van der Waals surface area contributed by atoms with Crippen LogP contribution in [0.3, 0.4) is 0 Å². The predicted octanol–water partition coefficient (Wildman–Crippen LogP) is 3.13. The molecule has 1 aromatic carbocycles. The van der Waals surface area contributed by atoms with E-state index in [1.807, 2.05) is 6.07 Å². The molecule has 2 rings (SSSR count). The van der Waals surface area contributed by atoms with Gasteiger partial charge in [0, 0.05) is 0 Å². The number of alkyl halides is 2. The van der Waals surface area contributed by atoms with E-state index in [0.717, 1.165) is 9.61 Å². The molecule has 1 nitrogen and oxygen atoms in total. The predicted molar refractivity (Wildman–Crippen MR) is 67.1 cm³/mol. The first kappa shape index (κ1) is 9.31. The third-order valence-corrected chi connectivity index (χ3v) is 8.68. The van der Waals surface area contributed by atoms with Gasteiger partial charge in [-0.1, -0.05) is 0 Å². The van der Waals surface area contributed by atoms with Gasteiger partial charge in [-0.05, 0) is 0 Å². The molecule has 0 bridgehead atoms. The van der Waals surface area contributed by atoms with Crippen molar-refractivity contribution in [2.45, 2.75) is 23.7 Å². The maximum atomic E-state index is 5.77. The first-order valence-electron chi connectivity index (χ1n) is 4.81. The van der Waals surface area contributed by atoms with Gasteiger partial charge in [-0.3, -0.25) is 0 Å². The van der Waals surface area contributed by atoms with Crippen LogP contribution in [0.5, 0.6) is 0 Å². The van der Waals surface area contributed by atoms with E-state index in [0.29, 0.717) is 0 Å². The fourth-order valence-electron chi connectivity index (χ4n) is 1.59. The van der Waals surface area contributed by atoms with Crippen LogP contribution in [0.25, 0.3) is 0 Å². The summed E-state index contributed by atoms with van der Waals surface area (Å²) in [6.45, 7) is 2.28. The topological polar surface area (TPSA) is 26.0 Å². The Labute approximate surface area is 87.1 Å². The summed E-state index contributed by atoms with van der Waals surface area (Å²) in [6.07, 6.45) is 2.79. The van der Waals surface area contributed by atoms with E-state index < -0.39 is 19.8 Å². The summed E-state index contributed by atoms with van der Waals surface area (Å²) in [5.41, 5.74) is 6.71. The molecule has 2 heteroatoms. The molecule has 1 aromatic rings.